The standard InChI is InChI=1S/C18H13BrClN2O/c19-15-5-1-14(2-6-15)18(23)11-22-10-9-17(21-12-22)13-3-7-16(20)8-4-13/h1-10,12H,11H2/q+1. The van der Waals surface area contributed by atoms with E-state index in [0.717, 1.165) is 15.7 Å². The number of hydrogen-bond donors (Lipinski definition) is 0. The molecule has 0 spiro atoms. The molecule has 2 aromatic carbocycles. The van der Waals surface area contributed by atoms with E-state index in [9.17, 15) is 4.79 Å². The van der Waals surface area contributed by atoms with Crippen LogP contribution in [0.2, 0.25) is 5.02 Å². The van der Waals surface area contributed by atoms with Crippen molar-refractivity contribution in [1.82, 2.24) is 4.98 Å². The monoisotopic (exact) mass is 387 g/mol. The smallest absolute Gasteiger partial charge is 0.287 e. The fourth-order valence-electron chi connectivity index (χ4n) is 2.16. The molecule has 0 saturated heterocycles. The van der Waals surface area contributed by atoms with Crippen molar-refractivity contribution in [3.05, 3.63) is 82.2 Å². The van der Waals surface area contributed by atoms with E-state index in [1.807, 2.05) is 60.8 Å². The summed E-state index contributed by atoms with van der Waals surface area (Å²) in [6.07, 6.45) is 3.52. The molecule has 3 nitrogen and oxygen atoms in total. The maximum atomic E-state index is 12.2. The van der Waals surface area contributed by atoms with Gasteiger partial charge in [0.15, 0.2) is 12.2 Å². The number of halogens is 2. The van der Waals surface area contributed by atoms with Gasteiger partial charge in [0, 0.05) is 26.7 Å². The first-order chi connectivity index (χ1) is 11.1. The summed E-state index contributed by atoms with van der Waals surface area (Å²) in [6, 6.07) is 16.7. The predicted molar refractivity (Wildman–Crippen MR) is 93.4 cm³/mol. The lowest BCUT2D eigenvalue weighted by molar-refractivity contribution is -0.686. The lowest BCUT2D eigenvalue weighted by Crippen LogP contribution is -2.37. The number of hydrogen-bond acceptors (Lipinski definition) is 2. The third-order valence-corrected chi connectivity index (χ3v) is 4.18. The van der Waals surface area contributed by atoms with E-state index >= 15 is 0 Å². The zero-order valence-corrected chi connectivity index (χ0v) is 14.5. The summed E-state index contributed by atoms with van der Waals surface area (Å²) in [6.45, 7) is 0.259. The highest BCUT2D eigenvalue weighted by atomic mass is 79.9. The molecule has 0 fully saturated rings. The van der Waals surface area contributed by atoms with Crippen LogP contribution in [0, 0.1) is 0 Å². The van der Waals surface area contributed by atoms with Gasteiger partial charge in [0.25, 0.3) is 6.33 Å². The van der Waals surface area contributed by atoms with E-state index in [1.54, 1.807) is 10.9 Å². The molecule has 0 saturated carbocycles. The summed E-state index contributed by atoms with van der Waals surface area (Å²) < 4.78 is 2.72. The second kappa shape index (κ2) is 7.02. The van der Waals surface area contributed by atoms with Crippen LogP contribution in [-0.2, 0) is 6.54 Å². The second-order valence-electron chi connectivity index (χ2n) is 5.05. The van der Waals surface area contributed by atoms with Crippen LogP contribution >= 0.6 is 27.5 Å². The van der Waals surface area contributed by atoms with Gasteiger partial charge in [-0.15, -0.1) is 0 Å². The molecule has 3 aromatic rings. The van der Waals surface area contributed by atoms with Crippen molar-refractivity contribution >= 4 is 33.3 Å². The topological polar surface area (TPSA) is 33.8 Å². The van der Waals surface area contributed by atoms with Crippen molar-refractivity contribution in [3.8, 4) is 11.3 Å². The van der Waals surface area contributed by atoms with Gasteiger partial charge in [0.05, 0.1) is 6.20 Å². The number of nitrogens with zero attached hydrogens (tertiary/aromatic N) is 2. The lowest BCUT2D eigenvalue weighted by Gasteiger charge is -2.01. The second-order valence-corrected chi connectivity index (χ2v) is 6.41. The highest BCUT2D eigenvalue weighted by Crippen LogP contribution is 2.18. The molecule has 114 valence electrons. The van der Waals surface area contributed by atoms with Crippen LogP contribution in [0.3, 0.4) is 0 Å². The minimum Gasteiger partial charge on any atom is -0.290 e. The van der Waals surface area contributed by atoms with Gasteiger partial charge in [-0.1, -0.05) is 39.7 Å². The molecule has 23 heavy (non-hydrogen) atoms. The molecule has 0 aliphatic carbocycles. The predicted octanol–water partition coefficient (Wildman–Crippen LogP) is 4.33. The van der Waals surface area contributed by atoms with Crippen molar-refractivity contribution in [2.45, 2.75) is 6.54 Å². The van der Waals surface area contributed by atoms with E-state index < -0.39 is 0 Å². The summed E-state index contributed by atoms with van der Waals surface area (Å²) in [7, 11) is 0. The van der Waals surface area contributed by atoms with E-state index in [4.69, 9.17) is 11.6 Å². The first-order valence-corrected chi connectivity index (χ1v) is 8.19. The van der Waals surface area contributed by atoms with Gasteiger partial charge in [-0.25, -0.2) is 4.57 Å². The highest BCUT2D eigenvalue weighted by molar-refractivity contribution is 9.10. The normalized spacial score (nSPS) is 10.5. The fourth-order valence-corrected chi connectivity index (χ4v) is 2.55. The summed E-state index contributed by atoms with van der Waals surface area (Å²) in [5.74, 6) is 0.0449. The first kappa shape index (κ1) is 15.8. The van der Waals surface area contributed by atoms with E-state index in [2.05, 4.69) is 20.9 Å². The van der Waals surface area contributed by atoms with Gasteiger partial charge in [-0.2, -0.15) is 0 Å². The average molecular weight is 389 g/mol. The highest BCUT2D eigenvalue weighted by Gasteiger charge is 2.11. The van der Waals surface area contributed by atoms with Gasteiger partial charge in [-0.3, -0.25) is 4.79 Å². The molecular formula is C18H13BrClN2O+. The fraction of sp³-hybridized carbons (Fsp3) is 0.0556. The maximum absolute atomic E-state index is 12.2. The van der Waals surface area contributed by atoms with Crippen molar-refractivity contribution in [2.24, 2.45) is 0 Å². The molecule has 0 atom stereocenters. The number of carbonyl (C=O) groups excluding carboxylic acids is 1. The Kier molecular flexibility index (Phi) is 4.84. The SMILES string of the molecule is O=C(C[n+]1ccc(-c2ccc(Cl)cc2)nc1)c1ccc(Br)cc1. The third-order valence-electron chi connectivity index (χ3n) is 3.40. The Labute approximate surface area is 147 Å². The number of Topliss-reactive ketones (excluding diaryl/α,β-unsaturated/α-hetero) is 1. The van der Waals surface area contributed by atoms with E-state index in [0.29, 0.717) is 10.6 Å². The van der Waals surface area contributed by atoms with Crippen LogP contribution in [0.4, 0.5) is 0 Å². The number of aromatic nitrogens is 2. The zero-order valence-electron chi connectivity index (χ0n) is 12.1. The number of carbonyl (C=O) groups is 1. The van der Waals surface area contributed by atoms with Crippen LogP contribution in [0.5, 0.6) is 0 Å². The Balaban J connectivity index is 1.73. The number of benzene rings is 2. The summed E-state index contributed by atoms with van der Waals surface area (Å²) in [5, 5.41) is 0.694. The Morgan fingerprint density at radius 3 is 2.35 bits per heavy atom. The van der Waals surface area contributed by atoms with Crippen LogP contribution in [0.25, 0.3) is 11.3 Å². The molecule has 0 bridgehead atoms. The minimum absolute atomic E-state index is 0.0449. The molecule has 0 aliphatic rings. The average Bonchev–Trinajstić information content (AvgIpc) is 2.57. The summed E-state index contributed by atoms with van der Waals surface area (Å²) in [5.41, 5.74) is 2.51. The van der Waals surface area contributed by atoms with Crippen LogP contribution in [0.15, 0.2) is 71.6 Å². The first-order valence-electron chi connectivity index (χ1n) is 7.01. The molecule has 3 rings (SSSR count). The summed E-state index contributed by atoms with van der Waals surface area (Å²) in [4.78, 5) is 16.6. The van der Waals surface area contributed by atoms with Gasteiger partial charge >= 0.3 is 0 Å². The number of ketones is 1. The molecular weight excluding hydrogens is 376 g/mol. The van der Waals surface area contributed by atoms with Gasteiger partial charge in [-0.05, 0) is 41.4 Å². The molecule has 0 N–H and O–H groups in total. The van der Waals surface area contributed by atoms with Crippen molar-refractivity contribution in [2.75, 3.05) is 0 Å². The van der Waals surface area contributed by atoms with Crippen LogP contribution in [0.1, 0.15) is 10.4 Å². The third kappa shape index (κ3) is 4.03. The maximum Gasteiger partial charge on any atom is 0.287 e. The van der Waals surface area contributed by atoms with Crippen LogP contribution in [-0.4, -0.2) is 10.8 Å². The van der Waals surface area contributed by atoms with Crippen LogP contribution < -0.4 is 4.57 Å². The van der Waals surface area contributed by atoms with Gasteiger partial charge in [0.2, 0.25) is 5.78 Å². The van der Waals surface area contributed by atoms with Crippen molar-refractivity contribution < 1.29 is 9.36 Å². The number of rotatable bonds is 4. The Morgan fingerprint density at radius 2 is 1.74 bits per heavy atom. The summed E-state index contributed by atoms with van der Waals surface area (Å²) >= 11 is 9.25. The minimum atomic E-state index is 0.0449. The molecule has 5 heteroatoms. The van der Waals surface area contributed by atoms with Crippen molar-refractivity contribution in [1.29, 1.82) is 0 Å². The van der Waals surface area contributed by atoms with E-state index in [-0.39, 0.29) is 12.3 Å². The molecule has 0 radical (unpaired) electrons. The largest absolute Gasteiger partial charge is 0.290 e. The molecule has 1 heterocycles. The Bertz CT molecular complexity index is 815. The zero-order chi connectivity index (χ0) is 16.2. The molecule has 0 amide bonds. The molecule has 0 unspecified atom stereocenters. The van der Waals surface area contributed by atoms with Gasteiger partial charge in [0.1, 0.15) is 0 Å². The van der Waals surface area contributed by atoms with E-state index in [1.165, 1.54) is 0 Å². The molecule has 1 aromatic heterocycles. The van der Waals surface area contributed by atoms with Crippen molar-refractivity contribution in [3.63, 3.8) is 0 Å². The Hall–Kier alpha value is -2.04. The molecule has 0 aliphatic heterocycles. The lowest BCUT2D eigenvalue weighted by atomic mass is 10.1. The Morgan fingerprint density at radius 1 is 1.04 bits per heavy atom. The van der Waals surface area contributed by atoms with Gasteiger partial charge < -0.3 is 0 Å². The quantitative estimate of drug-likeness (QED) is 0.492.